The lowest BCUT2D eigenvalue weighted by molar-refractivity contribution is -0.135. The Morgan fingerprint density at radius 1 is 1.50 bits per heavy atom. The van der Waals surface area contributed by atoms with E-state index in [-0.39, 0.29) is 18.6 Å². The number of carbonyl (C=O) groups is 1. The third-order valence-corrected chi connectivity index (χ3v) is 2.16. The summed E-state index contributed by atoms with van der Waals surface area (Å²) >= 11 is 0. The Morgan fingerprint density at radius 2 is 2.07 bits per heavy atom. The van der Waals surface area contributed by atoms with Crippen LogP contribution in [0.2, 0.25) is 0 Å². The van der Waals surface area contributed by atoms with Gasteiger partial charge in [-0.25, -0.2) is 0 Å². The molecule has 84 valence electrons. The van der Waals surface area contributed by atoms with Crippen molar-refractivity contribution in [3.63, 3.8) is 0 Å². The number of aliphatic hydroxyl groups is 1. The van der Waals surface area contributed by atoms with Crippen LogP contribution in [0.4, 0.5) is 0 Å². The zero-order valence-corrected chi connectivity index (χ0v) is 9.36. The van der Waals surface area contributed by atoms with Gasteiger partial charge in [-0.15, -0.1) is 0 Å². The van der Waals surface area contributed by atoms with Crippen LogP contribution < -0.4 is 5.73 Å². The van der Waals surface area contributed by atoms with Crippen molar-refractivity contribution in [1.29, 1.82) is 0 Å². The lowest BCUT2D eigenvalue weighted by atomic mass is 10.1. The quantitative estimate of drug-likeness (QED) is 0.653. The molecule has 0 fully saturated rings. The van der Waals surface area contributed by atoms with Crippen molar-refractivity contribution in [3.05, 3.63) is 0 Å². The monoisotopic (exact) mass is 202 g/mol. The fraction of sp³-hybridized carbons (Fsp3) is 0.900. The second kappa shape index (κ2) is 6.79. The van der Waals surface area contributed by atoms with Gasteiger partial charge in [-0.2, -0.15) is 0 Å². The van der Waals surface area contributed by atoms with Gasteiger partial charge in [-0.05, 0) is 20.3 Å². The average Bonchev–Trinajstić information content (AvgIpc) is 2.13. The number of amides is 1. The van der Waals surface area contributed by atoms with E-state index in [0.29, 0.717) is 13.0 Å². The summed E-state index contributed by atoms with van der Waals surface area (Å²) in [5, 5.41) is 8.81. The molecule has 0 aromatic carbocycles. The van der Waals surface area contributed by atoms with Crippen LogP contribution in [-0.2, 0) is 4.79 Å². The molecule has 0 aliphatic carbocycles. The van der Waals surface area contributed by atoms with Gasteiger partial charge in [0.1, 0.15) is 0 Å². The van der Waals surface area contributed by atoms with Crippen LogP contribution in [0.25, 0.3) is 0 Å². The van der Waals surface area contributed by atoms with E-state index >= 15 is 0 Å². The maximum Gasteiger partial charge on any atom is 0.239 e. The summed E-state index contributed by atoms with van der Waals surface area (Å²) in [7, 11) is 0. The molecule has 1 amide bonds. The molecule has 0 aliphatic heterocycles. The maximum absolute atomic E-state index is 11.8. The second-order valence-electron chi connectivity index (χ2n) is 3.74. The molecule has 4 nitrogen and oxygen atoms in total. The minimum absolute atomic E-state index is 0.0111. The average molecular weight is 202 g/mol. The highest BCUT2D eigenvalue weighted by molar-refractivity contribution is 5.81. The fourth-order valence-corrected chi connectivity index (χ4v) is 1.38. The number of nitrogens with two attached hydrogens (primary N) is 1. The predicted octanol–water partition coefficient (Wildman–Crippen LogP) is 0.343. The molecule has 0 aromatic rings. The molecule has 0 saturated heterocycles. The molecule has 0 bridgehead atoms. The highest BCUT2D eigenvalue weighted by Crippen LogP contribution is 2.04. The highest BCUT2D eigenvalue weighted by atomic mass is 16.3. The summed E-state index contributed by atoms with van der Waals surface area (Å²) in [6.45, 7) is 6.20. The van der Waals surface area contributed by atoms with Crippen molar-refractivity contribution in [2.45, 2.75) is 45.7 Å². The zero-order valence-electron chi connectivity index (χ0n) is 9.36. The molecule has 0 radical (unpaired) electrons. The number of hydrogen-bond donors (Lipinski definition) is 2. The minimum atomic E-state index is -0.422. The van der Waals surface area contributed by atoms with Gasteiger partial charge in [0.15, 0.2) is 0 Å². The number of rotatable bonds is 6. The van der Waals surface area contributed by atoms with Gasteiger partial charge in [-0.3, -0.25) is 4.79 Å². The Kier molecular flexibility index (Phi) is 6.49. The van der Waals surface area contributed by atoms with E-state index in [9.17, 15) is 4.79 Å². The summed E-state index contributed by atoms with van der Waals surface area (Å²) in [6, 6.07) is -0.327. The SMILES string of the molecule is CCC[C@H](N)C(=O)N(CCO)C(C)C. The fourth-order valence-electron chi connectivity index (χ4n) is 1.38. The van der Waals surface area contributed by atoms with Crippen molar-refractivity contribution < 1.29 is 9.90 Å². The van der Waals surface area contributed by atoms with Gasteiger partial charge < -0.3 is 15.7 Å². The molecule has 0 rings (SSSR count). The Morgan fingerprint density at radius 3 is 2.43 bits per heavy atom. The van der Waals surface area contributed by atoms with Crippen LogP contribution >= 0.6 is 0 Å². The van der Waals surface area contributed by atoms with Gasteiger partial charge in [0.25, 0.3) is 0 Å². The molecule has 4 heteroatoms. The second-order valence-corrected chi connectivity index (χ2v) is 3.74. The lowest BCUT2D eigenvalue weighted by Gasteiger charge is -2.28. The Labute approximate surface area is 86.1 Å². The largest absolute Gasteiger partial charge is 0.395 e. The summed E-state index contributed by atoms with van der Waals surface area (Å²) in [4.78, 5) is 13.4. The Hall–Kier alpha value is -0.610. The Balaban J connectivity index is 4.27. The van der Waals surface area contributed by atoms with Gasteiger partial charge in [0.05, 0.1) is 12.6 Å². The third-order valence-electron chi connectivity index (χ3n) is 2.16. The summed E-state index contributed by atoms with van der Waals surface area (Å²) in [5.41, 5.74) is 5.72. The molecule has 0 heterocycles. The first-order valence-electron chi connectivity index (χ1n) is 5.21. The van der Waals surface area contributed by atoms with Crippen LogP contribution in [0.3, 0.4) is 0 Å². The molecule has 0 saturated carbocycles. The zero-order chi connectivity index (χ0) is 11.1. The van der Waals surface area contributed by atoms with Crippen LogP contribution in [0, 0.1) is 0 Å². The standard InChI is InChI=1S/C10H22N2O2/c1-4-5-9(11)10(14)12(6-7-13)8(2)3/h8-9,13H,4-7,11H2,1-3H3/t9-/m0/s1. The summed E-state index contributed by atoms with van der Waals surface area (Å²) < 4.78 is 0. The summed E-state index contributed by atoms with van der Waals surface area (Å²) in [6.07, 6.45) is 1.60. The number of hydrogen-bond acceptors (Lipinski definition) is 3. The van der Waals surface area contributed by atoms with E-state index in [1.165, 1.54) is 0 Å². The third kappa shape index (κ3) is 4.07. The van der Waals surface area contributed by atoms with Crippen molar-refractivity contribution in [2.24, 2.45) is 5.73 Å². The van der Waals surface area contributed by atoms with E-state index in [1.54, 1.807) is 4.90 Å². The van der Waals surface area contributed by atoms with Gasteiger partial charge >= 0.3 is 0 Å². The lowest BCUT2D eigenvalue weighted by Crippen LogP contribution is -2.48. The molecular formula is C10H22N2O2. The van der Waals surface area contributed by atoms with Crippen LogP contribution in [0.15, 0.2) is 0 Å². The molecule has 1 atom stereocenters. The van der Waals surface area contributed by atoms with Gasteiger partial charge in [-0.1, -0.05) is 13.3 Å². The number of nitrogens with zero attached hydrogens (tertiary/aromatic N) is 1. The first-order valence-corrected chi connectivity index (χ1v) is 5.21. The molecule has 0 spiro atoms. The predicted molar refractivity (Wildman–Crippen MR) is 56.8 cm³/mol. The molecule has 0 aliphatic rings. The molecule has 0 aromatic heterocycles. The van der Waals surface area contributed by atoms with E-state index < -0.39 is 6.04 Å². The van der Waals surface area contributed by atoms with Crippen LogP contribution in [0.5, 0.6) is 0 Å². The van der Waals surface area contributed by atoms with Gasteiger partial charge in [0, 0.05) is 12.6 Å². The highest BCUT2D eigenvalue weighted by Gasteiger charge is 2.21. The first-order chi connectivity index (χ1) is 6.54. The number of carbonyl (C=O) groups excluding carboxylic acids is 1. The van der Waals surface area contributed by atoms with Crippen LogP contribution in [-0.4, -0.2) is 41.1 Å². The number of aliphatic hydroxyl groups excluding tert-OH is 1. The first kappa shape index (κ1) is 13.4. The normalized spacial score (nSPS) is 13.0. The molecular weight excluding hydrogens is 180 g/mol. The van der Waals surface area contributed by atoms with E-state index in [2.05, 4.69) is 0 Å². The smallest absolute Gasteiger partial charge is 0.239 e. The van der Waals surface area contributed by atoms with Crippen LogP contribution in [0.1, 0.15) is 33.6 Å². The van der Waals surface area contributed by atoms with Gasteiger partial charge in [0.2, 0.25) is 5.91 Å². The van der Waals surface area contributed by atoms with Crippen molar-refractivity contribution in [2.75, 3.05) is 13.2 Å². The van der Waals surface area contributed by atoms with E-state index in [4.69, 9.17) is 10.8 Å². The maximum atomic E-state index is 11.8. The Bertz CT molecular complexity index is 172. The topological polar surface area (TPSA) is 66.6 Å². The van der Waals surface area contributed by atoms with Crippen molar-refractivity contribution >= 4 is 5.91 Å². The van der Waals surface area contributed by atoms with Crippen molar-refractivity contribution in [3.8, 4) is 0 Å². The minimum Gasteiger partial charge on any atom is -0.395 e. The molecule has 0 unspecified atom stereocenters. The van der Waals surface area contributed by atoms with E-state index in [1.807, 2.05) is 20.8 Å². The molecule has 3 N–H and O–H groups in total. The van der Waals surface area contributed by atoms with Crippen molar-refractivity contribution in [1.82, 2.24) is 4.90 Å². The molecule has 14 heavy (non-hydrogen) atoms. The summed E-state index contributed by atoms with van der Waals surface area (Å²) in [5.74, 6) is -0.0594. The van der Waals surface area contributed by atoms with E-state index in [0.717, 1.165) is 6.42 Å².